The van der Waals surface area contributed by atoms with Gasteiger partial charge < -0.3 is 10.5 Å². The maximum atomic E-state index is 6.11. The summed E-state index contributed by atoms with van der Waals surface area (Å²) >= 11 is 6.11. The van der Waals surface area contributed by atoms with Gasteiger partial charge in [0.15, 0.2) is 0 Å². The summed E-state index contributed by atoms with van der Waals surface area (Å²) in [6.45, 7) is 3.42. The summed E-state index contributed by atoms with van der Waals surface area (Å²) < 4.78 is 5.75. The Kier molecular flexibility index (Phi) is 7.86. The average Bonchev–Trinajstić information content (AvgIpc) is 2.39. The van der Waals surface area contributed by atoms with Gasteiger partial charge in [-0.25, -0.2) is 0 Å². The first-order valence-electron chi connectivity index (χ1n) is 6.89. The zero-order valence-electron chi connectivity index (χ0n) is 11.3. The van der Waals surface area contributed by atoms with Crippen LogP contribution in [0, 0.1) is 0 Å². The molecule has 0 fully saturated rings. The Morgan fingerprint density at radius 1 is 1.11 bits per heavy atom. The van der Waals surface area contributed by atoms with Crippen LogP contribution in [0.2, 0.25) is 5.02 Å². The van der Waals surface area contributed by atoms with E-state index in [1.165, 1.54) is 32.1 Å². The van der Waals surface area contributed by atoms with E-state index in [9.17, 15) is 0 Å². The fourth-order valence-electron chi connectivity index (χ4n) is 1.93. The molecule has 0 saturated heterocycles. The molecule has 0 aliphatic carbocycles. The molecular weight excluding hydrogens is 246 g/mol. The molecule has 1 rings (SSSR count). The Balaban J connectivity index is 2.26. The van der Waals surface area contributed by atoms with Crippen LogP contribution in [0.1, 0.15) is 51.0 Å². The minimum atomic E-state index is 0.465. The van der Waals surface area contributed by atoms with Gasteiger partial charge in [0.2, 0.25) is 0 Å². The fraction of sp³-hybridized carbons (Fsp3) is 0.600. The molecule has 3 heteroatoms. The monoisotopic (exact) mass is 269 g/mol. The second kappa shape index (κ2) is 9.23. The van der Waals surface area contributed by atoms with Crippen molar-refractivity contribution in [3.63, 3.8) is 0 Å². The Morgan fingerprint density at radius 2 is 1.83 bits per heavy atom. The van der Waals surface area contributed by atoms with Crippen LogP contribution in [-0.2, 0) is 6.54 Å². The summed E-state index contributed by atoms with van der Waals surface area (Å²) in [6.07, 6.45) is 7.56. The molecule has 0 aromatic heterocycles. The number of nitrogens with two attached hydrogens (primary N) is 1. The van der Waals surface area contributed by atoms with Gasteiger partial charge >= 0.3 is 0 Å². The normalized spacial score (nSPS) is 10.6. The first-order valence-corrected chi connectivity index (χ1v) is 7.27. The van der Waals surface area contributed by atoms with Gasteiger partial charge in [-0.1, -0.05) is 62.8 Å². The number of unbranched alkanes of at least 4 members (excludes halogenated alkanes) is 5. The zero-order chi connectivity index (χ0) is 13.2. The lowest BCUT2D eigenvalue weighted by atomic mass is 10.1. The molecule has 2 nitrogen and oxygen atoms in total. The molecule has 0 amide bonds. The Labute approximate surface area is 115 Å². The lowest BCUT2D eigenvalue weighted by Gasteiger charge is -2.11. The van der Waals surface area contributed by atoms with Crippen molar-refractivity contribution in [1.82, 2.24) is 0 Å². The topological polar surface area (TPSA) is 35.2 Å². The standard InChI is InChI=1S/C15H24ClNO/c1-2-3-4-5-6-7-11-18-15-13(12-17)9-8-10-14(15)16/h8-10H,2-7,11-12,17H2,1H3. The van der Waals surface area contributed by atoms with Gasteiger partial charge in [-0.2, -0.15) is 0 Å². The largest absolute Gasteiger partial charge is 0.492 e. The maximum absolute atomic E-state index is 6.11. The molecule has 0 spiro atoms. The van der Waals surface area contributed by atoms with Crippen LogP contribution in [0.5, 0.6) is 5.75 Å². The molecule has 0 bridgehead atoms. The molecule has 1 aromatic rings. The molecule has 1 aromatic carbocycles. The van der Waals surface area contributed by atoms with E-state index in [1.807, 2.05) is 18.2 Å². The van der Waals surface area contributed by atoms with E-state index in [4.69, 9.17) is 22.1 Å². The van der Waals surface area contributed by atoms with Gasteiger partial charge in [0.25, 0.3) is 0 Å². The number of rotatable bonds is 9. The van der Waals surface area contributed by atoms with E-state index in [-0.39, 0.29) is 0 Å². The zero-order valence-corrected chi connectivity index (χ0v) is 12.0. The maximum Gasteiger partial charge on any atom is 0.142 e. The van der Waals surface area contributed by atoms with Crippen molar-refractivity contribution in [3.05, 3.63) is 28.8 Å². The summed E-state index contributed by atoms with van der Waals surface area (Å²) in [5.74, 6) is 0.759. The van der Waals surface area contributed by atoms with E-state index < -0.39 is 0 Å². The Hall–Kier alpha value is -0.730. The van der Waals surface area contributed by atoms with Crippen molar-refractivity contribution in [1.29, 1.82) is 0 Å². The van der Waals surface area contributed by atoms with Crippen molar-refractivity contribution in [2.24, 2.45) is 5.73 Å². The van der Waals surface area contributed by atoms with Crippen molar-refractivity contribution >= 4 is 11.6 Å². The molecule has 102 valence electrons. The predicted octanol–water partition coefficient (Wildman–Crippen LogP) is 4.54. The highest BCUT2D eigenvalue weighted by Crippen LogP contribution is 2.28. The van der Waals surface area contributed by atoms with E-state index in [2.05, 4.69) is 6.92 Å². The molecule has 0 heterocycles. The van der Waals surface area contributed by atoms with Crippen LogP contribution in [0.25, 0.3) is 0 Å². The van der Waals surface area contributed by atoms with Crippen LogP contribution < -0.4 is 10.5 Å². The summed E-state index contributed by atoms with van der Waals surface area (Å²) in [4.78, 5) is 0. The number of hydrogen-bond acceptors (Lipinski definition) is 2. The highest BCUT2D eigenvalue weighted by molar-refractivity contribution is 6.32. The van der Waals surface area contributed by atoms with Gasteiger partial charge in [-0.05, 0) is 12.5 Å². The quantitative estimate of drug-likeness (QED) is 0.668. The number of benzene rings is 1. The SMILES string of the molecule is CCCCCCCCOc1c(Cl)cccc1CN. The van der Waals surface area contributed by atoms with E-state index in [1.54, 1.807) is 0 Å². The molecule has 0 radical (unpaired) electrons. The van der Waals surface area contributed by atoms with Gasteiger partial charge in [0.1, 0.15) is 5.75 Å². The van der Waals surface area contributed by atoms with Crippen LogP contribution in [0.4, 0.5) is 0 Å². The van der Waals surface area contributed by atoms with Crippen molar-refractivity contribution in [3.8, 4) is 5.75 Å². The third kappa shape index (κ3) is 5.28. The molecule has 0 saturated carbocycles. The first kappa shape index (κ1) is 15.3. The third-order valence-electron chi connectivity index (χ3n) is 3.01. The van der Waals surface area contributed by atoms with E-state index in [0.29, 0.717) is 11.6 Å². The minimum Gasteiger partial charge on any atom is -0.492 e. The van der Waals surface area contributed by atoms with Crippen molar-refractivity contribution < 1.29 is 4.74 Å². The van der Waals surface area contributed by atoms with Gasteiger partial charge in [0, 0.05) is 12.1 Å². The highest BCUT2D eigenvalue weighted by atomic mass is 35.5. The van der Waals surface area contributed by atoms with Crippen LogP contribution in [-0.4, -0.2) is 6.61 Å². The predicted molar refractivity (Wildman–Crippen MR) is 78.2 cm³/mol. The first-order chi connectivity index (χ1) is 8.79. The molecule has 0 aliphatic heterocycles. The molecule has 2 N–H and O–H groups in total. The lowest BCUT2D eigenvalue weighted by molar-refractivity contribution is 0.301. The molecular formula is C15H24ClNO. The van der Waals surface area contributed by atoms with Crippen molar-refractivity contribution in [2.45, 2.75) is 52.0 Å². The lowest BCUT2D eigenvalue weighted by Crippen LogP contribution is -2.04. The molecule has 0 aliphatic rings. The average molecular weight is 270 g/mol. The van der Waals surface area contributed by atoms with Crippen LogP contribution >= 0.6 is 11.6 Å². The summed E-state index contributed by atoms with van der Waals surface area (Å²) in [5.41, 5.74) is 6.65. The number of ether oxygens (including phenoxy) is 1. The molecule has 18 heavy (non-hydrogen) atoms. The third-order valence-corrected chi connectivity index (χ3v) is 3.31. The number of para-hydroxylation sites is 1. The van der Waals surface area contributed by atoms with E-state index in [0.717, 1.165) is 24.3 Å². The van der Waals surface area contributed by atoms with Gasteiger partial charge in [0.05, 0.1) is 11.6 Å². The Morgan fingerprint density at radius 3 is 2.56 bits per heavy atom. The molecule has 0 atom stereocenters. The number of hydrogen-bond donors (Lipinski definition) is 1. The van der Waals surface area contributed by atoms with Crippen molar-refractivity contribution in [2.75, 3.05) is 6.61 Å². The van der Waals surface area contributed by atoms with E-state index >= 15 is 0 Å². The van der Waals surface area contributed by atoms with Crippen LogP contribution in [0.3, 0.4) is 0 Å². The second-order valence-corrected chi connectivity index (χ2v) is 4.96. The highest BCUT2D eigenvalue weighted by Gasteiger charge is 2.06. The fourth-order valence-corrected chi connectivity index (χ4v) is 2.18. The summed E-state index contributed by atoms with van der Waals surface area (Å²) in [6, 6.07) is 5.71. The van der Waals surface area contributed by atoms with Gasteiger partial charge in [-0.15, -0.1) is 0 Å². The summed E-state index contributed by atoms with van der Waals surface area (Å²) in [7, 11) is 0. The second-order valence-electron chi connectivity index (χ2n) is 4.55. The Bertz CT molecular complexity index is 341. The smallest absolute Gasteiger partial charge is 0.142 e. The minimum absolute atomic E-state index is 0.465. The van der Waals surface area contributed by atoms with Gasteiger partial charge in [-0.3, -0.25) is 0 Å². The van der Waals surface area contributed by atoms with Crippen LogP contribution in [0.15, 0.2) is 18.2 Å². The number of halogens is 1. The molecule has 0 unspecified atom stereocenters. The summed E-state index contributed by atoms with van der Waals surface area (Å²) in [5, 5.41) is 0.656.